The average molecular weight is 259 g/mol. The largest absolute Gasteiger partial charge is 0.370 e. The second-order valence-electron chi connectivity index (χ2n) is 4.09. The monoisotopic (exact) mass is 259 g/mol. The molecule has 100 valence electrons. The normalized spacial score (nSPS) is 10.2. The number of nitrogens with one attached hydrogen (secondary N) is 2. The Kier molecular flexibility index (Phi) is 4.12. The van der Waals surface area contributed by atoms with Gasteiger partial charge in [0.25, 0.3) is 5.91 Å². The third kappa shape index (κ3) is 3.31. The summed E-state index contributed by atoms with van der Waals surface area (Å²) in [4.78, 5) is 16.1. The Balaban J connectivity index is 1.94. The van der Waals surface area contributed by atoms with E-state index in [0.29, 0.717) is 12.1 Å². The molecule has 19 heavy (non-hydrogen) atoms. The first-order valence-corrected chi connectivity index (χ1v) is 6.15. The van der Waals surface area contributed by atoms with Crippen LogP contribution in [-0.4, -0.2) is 27.2 Å². The van der Waals surface area contributed by atoms with Crippen molar-refractivity contribution < 1.29 is 4.79 Å². The molecule has 0 fully saturated rings. The molecule has 0 aliphatic heterocycles. The number of pyridine rings is 1. The van der Waals surface area contributed by atoms with Crippen molar-refractivity contribution in [3.8, 4) is 0 Å². The van der Waals surface area contributed by atoms with Crippen molar-refractivity contribution >= 4 is 11.7 Å². The summed E-state index contributed by atoms with van der Waals surface area (Å²) in [6.07, 6.45) is 3.27. The zero-order chi connectivity index (χ0) is 13.7. The Morgan fingerprint density at radius 2 is 2.21 bits per heavy atom. The fourth-order valence-corrected chi connectivity index (χ4v) is 1.66. The highest BCUT2D eigenvalue weighted by Gasteiger charge is 2.07. The second kappa shape index (κ2) is 5.99. The van der Waals surface area contributed by atoms with Crippen molar-refractivity contribution in [3.63, 3.8) is 0 Å². The molecule has 0 spiro atoms. The lowest BCUT2D eigenvalue weighted by Gasteiger charge is -2.06. The quantitative estimate of drug-likeness (QED) is 0.845. The van der Waals surface area contributed by atoms with Gasteiger partial charge in [0.05, 0.1) is 17.8 Å². The smallest absolute Gasteiger partial charge is 0.253 e. The standard InChI is InChI=1S/C13H17N5O/c1-3-14-12-5-4-10(8-15-12)13(19)16-9-11-6-7-17-18(11)2/h4-8H,3,9H2,1-2H3,(H,14,15)(H,16,19). The van der Waals surface area contributed by atoms with Crippen LogP contribution in [0, 0.1) is 0 Å². The van der Waals surface area contributed by atoms with Gasteiger partial charge in [-0.05, 0) is 25.1 Å². The number of nitrogens with zero attached hydrogens (tertiary/aromatic N) is 3. The first-order valence-electron chi connectivity index (χ1n) is 6.15. The predicted octanol–water partition coefficient (Wildman–Crippen LogP) is 1.18. The number of anilines is 1. The Morgan fingerprint density at radius 3 is 2.79 bits per heavy atom. The highest BCUT2D eigenvalue weighted by molar-refractivity contribution is 5.93. The molecule has 0 saturated heterocycles. The molecule has 0 aliphatic rings. The van der Waals surface area contributed by atoms with Gasteiger partial charge in [0, 0.05) is 26.0 Å². The van der Waals surface area contributed by atoms with Crippen molar-refractivity contribution in [2.45, 2.75) is 13.5 Å². The molecule has 6 heteroatoms. The van der Waals surface area contributed by atoms with Crippen molar-refractivity contribution in [3.05, 3.63) is 41.9 Å². The first kappa shape index (κ1) is 13.1. The number of hydrogen-bond acceptors (Lipinski definition) is 4. The van der Waals surface area contributed by atoms with Crippen LogP contribution in [0.2, 0.25) is 0 Å². The molecule has 2 N–H and O–H groups in total. The van der Waals surface area contributed by atoms with E-state index >= 15 is 0 Å². The van der Waals surface area contributed by atoms with Gasteiger partial charge in [-0.25, -0.2) is 4.98 Å². The van der Waals surface area contributed by atoms with Gasteiger partial charge in [-0.15, -0.1) is 0 Å². The van der Waals surface area contributed by atoms with Crippen molar-refractivity contribution in [2.75, 3.05) is 11.9 Å². The van der Waals surface area contributed by atoms with E-state index in [1.807, 2.05) is 20.0 Å². The number of carbonyl (C=O) groups is 1. The minimum Gasteiger partial charge on any atom is -0.370 e. The summed E-state index contributed by atoms with van der Waals surface area (Å²) < 4.78 is 1.73. The molecule has 2 rings (SSSR count). The van der Waals surface area contributed by atoms with E-state index in [4.69, 9.17) is 0 Å². The minimum absolute atomic E-state index is 0.142. The Labute approximate surface area is 111 Å². The van der Waals surface area contributed by atoms with Gasteiger partial charge >= 0.3 is 0 Å². The molecule has 2 heterocycles. The van der Waals surface area contributed by atoms with Crippen LogP contribution in [0.25, 0.3) is 0 Å². The van der Waals surface area contributed by atoms with E-state index in [-0.39, 0.29) is 5.91 Å². The lowest BCUT2D eigenvalue weighted by Crippen LogP contribution is -2.24. The predicted molar refractivity (Wildman–Crippen MR) is 72.8 cm³/mol. The van der Waals surface area contributed by atoms with E-state index in [9.17, 15) is 4.79 Å². The van der Waals surface area contributed by atoms with E-state index in [1.165, 1.54) is 0 Å². The molecule has 0 aromatic carbocycles. The third-order valence-electron chi connectivity index (χ3n) is 2.74. The van der Waals surface area contributed by atoms with E-state index in [0.717, 1.165) is 18.1 Å². The van der Waals surface area contributed by atoms with Crippen LogP contribution in [0.4, 0.5) is 5.82 Å². The molecular weight excluding hydrogens is 242 g/mol. The zero-order valence-electron chi connectivity index (χ0n) is 11.1. The number of hydrogen-bond donors (Lipinski definition) is 2. The maximum absolute atomic E-state index is 11.9. The zero-order valence-corrected chi connectivity index (χ0v) is 11.1. The molecule has 0 saturated carbocycles. The van der Waals surface area contributed by atoms with Crippen LogP contribution in [0.3, 0.4) is 0 Å². The van der Waals surface area contributed by atoms with Crippen LogP contribution in [0.5, 0.6) is 0 Å². The maximum Gasteiger partial charge on any atom is 0.253 e. The van der Waals surface area contributed by atoms with Crippen molar-refractivity contribution in [1.82, 2.24) is 20.1 Å². The molecule has 0 unspecified atom stereocenters. The summed E-state index contributed by atoms with van der Waals surface area (Å²) in [5, 5.41) is 9.96. The summed E-state index contributed by atoms with van der Waals surface area (Å²) in [7, 11) is 1.84. The molecular formula is C13H17N5O. The van der Waals surface area contributed by atoms with Crippen LogP contribution < -0.4 is 10.6 Å². The van der Waals surface area contributed by atoms with E-state index < -0.39 is 0 Å². The molecule has 0 aliphatic carbocycles. The van der Waals surface area contributed by atoms with Crippen molar-refractivity contribution in [1.29, 1.82) is 0 Å². The SMILES string of the molecule is CCNc1ccc(C(=O)NCc2ccnn2C)cn1. The van der Waals surface area contributed by atoms with Gasteiger partial charge in [-0.3, -0.25) is 9.48 Å². The van der Waals surface area contributed by atoms with Crippen molar-refractivity contribution in [2.24, 2.45) is 7.05 Å². The number of amides is 1. The molecule has 1 amide bonds. The molecule has 6 nitrogen and oxygen atoms in total. The molecule has 2 aromatic rings. The van der Waals surface area contributed by atoms with Crippen LogP contribution in [-0.2, 0) is 13.6 Å². The number of aryl methyl sites for hydroxylation is 1. The topological polar surface area (TPSA) is 71.8 Å². The van der Waals surface area contributed by atoms with Crippen LogP contribution in [0.1, 0.15) is 23.0 Å². The summed E-state index contributed by atoms with van der Waals surface area (Å²) in [5.41, 5.74) is 1.49. The molecule has 0 atom stereocenters. The van der Waals surface area contributed by atoms with Crippen LogP contribution >= 0.6 is 0 Å². The van der Waals surface area contributed by atoms with Gasteiger partial charge < -0.3 is 10.6 Å². The lowest BCUT2D eigenvalue weighted by atomic mass is 10.2. The highest BCUT2D eigenvalue weighted by Crippen LogP contribution is 2.05. The van der Waals surface area contributed by atoms with Gasteiger partial charge in [0.2, 0.25) is 0 Å². The van der Waals surface area contributed by atoms with Gasteiger partial charge in [0.1, 0.15) is 5.82 Å². The van der Waals surface area contributed by atoms with E-state index in [1.54, 1.807) is 29.2 Å². The highest BCUT2D eigenvalue weighted by atomic mass is 16.1. The number of aromatic nitrogens is 3. The molecule has 0 radical (unpaired) electrons. The summed E-state index contributed by atoms with van der Waals surface area (Å²) in [6.45, 7) is 3.25. The minimum atomic E-state index is -0.142. The van der Waals surface area contributed by atoms with Gasteiger partial charge in [0.15, 0.2) is 0 Å². The van der Waals surface area contributed by atoms with Gasteiger partial charge in [-0.2, -0.15) is 5.10 Å². The van der Waals surface area contributed by atoms with E-state index in [2.05, 4.69) is 20.7 Å². The first-order chi connectivity index (χ1) is 9.20. The lowest BCUT2D eigenvalue weighted by molar-refractivity contribution is 0.0949. The summed E-state index contributed by atoms with van der Waals surface area (Å²) in [5.74, 6) is 0.627. The Morgan fingerprint density at radius 1 is 1.37 bits per heavy atom. The second-order valence-corrected chi connectivity index (χ2v) is 4.09. The maximum atomic E-state index is 11.9. The third-order valence-corrected chi connectivity index (χ3v) is 2.74. The van der Waals surface area contributed by atoms with Crippen LogP contribution in [0.15, 0.2) is 30.6 Å². The average Bonchev–Trinajstić information content (AvgIpc) is 2.83. The fraction of sp³-hybridized carbons (Fsp3) is 0.308. The van der Waals surface area contributed by atoms with Gasteiger partial charge in [-0.1, -0.05) is 0 Å². The Hall–Kier alpha value is -2.37. The number of carbonyl (C=O) groups excluding carboxylic acids is 1. The fourth-order valence-electron chi connectivity index (χ4n) is 1.66. The molecule has 2 aromatic heterocycles. The summed E-state index contributed by atoms with van der Waals surface area (Å²) in [6, 6.07) is 5.42. The summed E-state index contributed by atoms with van der Waals surface area (Å²) >= 11 is 0. The molecule has 0 bridgehead atoms. The number of rotatable bonds is 5. The Bertz CT molecular complexity index is 546.